The van der Waals surface area contributed by atoms with Crippen molar-refractivity contribution in [3.05, 3.63) is 24.0 Å². The zero-order valence-corrected chi connectivity index (χ0v) is 9.19. The van der Waals surface area contributed by atoms with E-state index in [0.29, 0.717) is 0 Å². The molecule has 0 atom stereocenters. The number of carbonyl (C=O) groups excluding carboxylic acids is 1. The highest BCUT2D eigenvalue weighted by Crippen LogP contribution is 2.21. The van der Waals surface area contributed by atoms with Crippen molar-refractivity contribution in [2.24, 2.45) is 0 Å². The Bertz CT molecular complexity index is 501. The lowest BCUT2D eigenvalue weighted by molar-refractivity contribution is -0.114. The molecule has 0 aliphatic carbocycles. The monoisotopic (exact) mass is 251 g/mol. The van der Waals surface area contributed by atoms with Crippen LogP contribution in [0.15, 0.2) is 23.1 Å². The fourth-order valence-corrected chi connectivity index (χ4v) is 1.77. The van der Waals surface area contributed by atoms with Gasteiger partial charge in [0.1, 0.15) is 5.82 Å². The van der Waals surface area contributed by atoms with Gasteiger partial charge in [-0.3, -0.25) is 4.79 Å². The van der Waals surface area contributed by atoms with Crippen LogP contribution in [-0.2, 0) is 13.8 Å². The molecular formula is C8H7ClFNO3S. The molecule has 0 unspecified atom stereocenters. The molecule has 0 radical (unpaired) electrons. The number of benzene rings is 1. The lowest BCUT2D eigenvalue weighted by Gasteiger charge is -2.04. The number of nitrogens with one attached hydrogen (secondary N) is 1. The summed E-state index contributed by atoms with van der Waals surface area (Å²) in [7, 11) is 1.03. The van der Waals surface area contributed by atoms with Crippen LogP contribution in [0.25, 0.3) is 0 Å². The van der Waals surface area contributed by atoms with E-state index in [2.05, 4.69) is 5.32 Å². The van der Waals surface area contributed by atoms with Crippen molar-refractivity contribution in [2.45, 2.75) is 11.8 Å². The summed E-state index contributed by atoms with van der Waals surface area (Å²) in [4.78, 5) is 10.3. The average Bonchev–Trinajstić information content (AvgIpc) is 1.99. The second kappa shape index (κ2) is 4.16. The first kappa shape index (κ1) is 11.9. The first-order valence-electron chi connectivity index (χ1n) is 3.82. The van der Waals surface area contributed by atoms with Crippen LogP contribution in [0.1, 0.15) is 6.92 Å². The lowest BCUT2D eigenvalue weighted by Crippen LogP contribution is -2.06. The number of carbonyl (C=O) groups is 1. The van der Waals surface area contributed by atoms with Gasteiger partial charge < -0.3 is 5.32 Å². The molecule has 0 heterocycles. The van der Waals surface area contributed by atoms with Crippen LogP contribution < -0.4 is 5.32 Å². The highest BCUT2D eigenvalue weighted by atomic mass is 35.7. The zero-order valence-electron chi connectivity index (χ0n) is 7.62. The summed E-state index contributed by atoms with van der Waals surface area (Å²) in [6, 6.07) is 2.84. The number of halogens is 2. The van der Waals surface area contributed by atoms with Gasteiger partial charge in [0.2, 0.25) is 5.91 Å². The molecule has 1 amide bonds. The van der Waals surface area contributed by atoms with Crippen LogP contribution in [0, 0.1) is 5.82 Å². The van der Waals surface area contributed by atoms with E-state index < -0.39 is 25.7 Å². The molecule has 82 valence electrons. The standard InChI is InChI=1S/C8H7ClFNO3S/c1-5(12)11-7-2-6(10)3-8(4-7)15(9,13)14/h2-4H,1H3,(H,11,12). The van der Waals surface area contributed by atoms with Crippen molar-refractivity contribution < 1.29 is 17.6 Å². The summed E-state index contributed by atoms with van der Waals surface area (Å²) in [5.41, 5.74) is 0.0433. The Kier molecular flexibility index (Phi) is 3.31. The number of rotatable bonds is 2. The maximum Gasteiger partial charge on any atom is 0.261 e. The maximum absolute atomic E-state index is 12.9. The average molecular weight is 252 g/mol. The maximum atomic E-state index is 12.9. The molecule has 15 heavy (non-hydrogen) atoms. The molecule has 1 aromatic rings. The second-order valence-corrected chi connectivity index (χ2v) is 5.36. The Labute approximate surface area is 90.5 Å². The first-order valence-corrected chi connectivity index (χ1v) is 6.13. The van der Waals surface area contributed by atoms with E-state index >= 15 is 0 Å². The molecule has 7 heteroatoms. The van der Waals surface area contributed by atoms with Crippen LogP contribution in [-0.4, -0.2) is 14.3 Å². The van der Waals surface area contributed by atoms with Gasteiger partial charge in [0.15, 0.2) is 0 Å². The smallest absolute Gasteiger partial charge is 0.261 e. The third-order valence-electron chi connectivity index (χ3n) is 1.47. The fourth-order valence-electron chi connectivity index (χ4n) is 0.979. The van der Waals surface area contributed by atoms with Gasteiger partial charge in [-0.05, 0) is 18.2 Å². The first-order chi connectivity index (χ1) is 6.79. The van der Waals surface area contributed by atoms with Crippen molar-refractivity contribution >= 4 is 31.3 Å². The van der Waals surface area contributed by atoms with Crippen molar-refractivity contribution in [1.82, 2.24) is 0 Å². The molecule has 0 aromatic heterocycles. The minimum Gasteiger partial charge on any atom is -0.326 e. The SMILES string of the molecule is CC(=O)Nc1cc(F)cc(S(=O)(=O)Cl)c1. The molecule has 0 aliphatic heterocycles. The zero-order chi connectivity index (χ0) is 11.6. The van der Waals surface area contributed by atoms with E-state index in [-0.39, 0.29) is 5.69 Å². The van der Waals surface area contributed by atoms with Crippen LogP contribution in [0.4, 0.5) is 10.1 Å². The molecule has 1 aromatic carbocycles. The second-order valence-electron chi connectivity index (χ2n) is 2.79. The Morgan fingerprint density at radius 2 is 2.00 bits per heavy atom. The van der Waals surface area contributed by atoms with Gasteiger partial charge in [0, 0.05) is 23.3 Å². The summed E-state index contributed by atoms with van der Waals surface area (Å²) >= 11 is 0. The normalized spacial score (nSPS) is 11.1. The highest BCUT2D eigenvalue weighted by molar-refractivity contribution is 8.13. The Morgan fingerprint density at radius 1 is 1.40 bits per heavy atom. The van der Waals surface area contributed by atoms with Crippen LogP contribution >= 0.6 is 10.7 Å². The molecule has 0 saturated heterocycles. The predicted octanol–water partition coefficient (Wildman–Crippen LogP) is 1.71. The fraction of sp³-hybridized carbons (Fsp3) is 0.125. The van der Waals surface area contributed by atoms with Gasteiger partial charge >= 0.3 is 0 Å². The highest BCUT2D eigenvalue weighted by Gasteiger charge is 2.13. The third-order valence-corrected chi connectivity index (χ3v) is 2.81. The molecule has 4 nitrogen and oxygen atoms in total. The van der Waals surface area contributed by atoms with E-state index in [4.69, 9.17) is 10.7 Å². The number of anilines is 1. The van der Waals surface area contributed by atoms with Crippen molar-refractivity contribution in [2.75, 3.05) is 5.32 Å². The van der Waals surface area contributed by atoms with Gasteiger partial charge in [-0.1, -0.05) is 0 Å². The summed E-state index contributed by atoms with van der Waals surface area (Å²) in [6.45, 7) is 1.22. The Morgan fingerprint density at radius 3 is 2.47 bits per heavy atom. The van der Waals surface area contributed by atoms with Crippen molar-refractivity contribution in [3.63, 3.8) is 0 Å². The van der Waals surface area contributed by atoms with E-state index in [1.165, 1.54) is 6.92 Å². The van der Waals surface area contributed by atoms with Gasteiger partial charge in [-0.2, -0.15) is 0 Å². The molecule has 0 aliphatic rings. The largest absolute Gasteiger partial charge is 0.326 e. The minimum atomic E-state index is -4.00. The molecule has 0 fully saturated rings. The van der Waals surface area contributed by atoms with Crippen LogP contribution in [0.3, 0.4) is 0 Å². The van der Waals surface area contributed by atoms with Crippen LogP contribution in [0.2, 0.25) is 0 Å². The van der Waals surface area contributed by atoms with Gasteiger partial charge in [-0.15, -0.1) is 0 Å². The summed E-state index contributed by atoms with van der Waals surface area (Å²) in [5.74, 6) is -1.22. The predicted molar refractivity (Wildman–Crippen MR) is 53.7 cm³/mol. The molecular weight excluding hydrogens is 245 g/mol. The van der Waals surface area contributed by atoms with Gasteiger partial charge in [0.05, 0.1) is 4.90 Å². The van der Waals surface area contributed by atoms with Gasteiger partial charge in [-0.25, -0.2) is 12.8 Å². The molecule has 0 spiro atoms. The molecule has 1 N–H and O–H groups in total. The van der Waals surface area contributed by atoms with Crippen molar-refractivity contribution in [1.29, 1.82) is 0 Å². The number of amides is 1. The Hall–Kier alpha value is -1.14. The summed E-state index contributed by atoms with van der Waals surface area (Å²) < 4.78 is 34.8. The quantitative estimate of drug-likeness (QED) is 0.814. The number of hydrogen-bond donors (Lipinski definition) is 1. The van der Waals surface area contributed by atoms with Gasteiger partial charge in [0.25, 0.3) is 9.05 Å². The van der Waals surface area contributed by atoms with Crippen LogP contribution in [0.5, 0.6) is 0 Å². The van der Waals surface area contributed by atoms with E-state index in [1.54, 1.807) is 0 Å². The third kappa shape index (κ3) is 3.49. The van der Waals surface area contributed by atoms with E-state index in [0.717, 1.165) is 18.2 Å². The molecule has 0 bridgehead atoms. The molecule has 1 rings (SSSR count). The summed E-state index contributed by atoms with van der Waals surface area (Å²) in [6.07, 6.45) is 0. The topological polar surface area (TPSA) is 63.2 Å². The van der Waals surface area contributed by atoms with E-state index in [1.807, 2.05) is 0 Å². The van der Waals surface area contributed by atoms with E-state index in [9.17, 15) is 17.6 Å². The lowest BCUT2D eigenvalue weighted by atomic mass is 10.3. The molecule has 0 saturated carbocycles. The Balaban J connectivity index is 3.23. The van der Waals surface area contributed by atoms with Crippen molar-refractivity contribution in [3.8, 4) is 0 Å². The summed E-state index contributed by atoms with van der Waals surface area (Å²) in [5, 5.41) is 2.26. The minimum absolute atomic E-state index is 0.0433. The number of hydrogen-bond acceptors (Lipinski definition) is 3.